The second-order valence-corrected chi connectivity index (χ2v) is 5.62. The fourth-order valence-electron chi connectivity index (χ4n) is 3.38. The minimum Gasteiger partial charge on any atom is -0.397 e. The molecule has 5 nitrogen and oxygen atoms in total. The molecule has 0 aromatic carbocycles. The Hall–Kier alpha value is -1.62. The van der Waals surface area contributed by atoms with Crippen LogP contribution < -0.4 is 5.73 Å². The number of aromatic nitrogens is 1. The van der Waals surface area contributed by atoms with E-state index in [2.05, 4.69) is 4.98 Å². The van der Waals surface area contributed by atoms with Crippen LogP contribution in [0.1, 0.15) is 41.7 Å². The highest BCUT2D eigenvalue weighted by Crippen LogP contribution is 2.37. The standard InChI is InChI=1S/C14H19N3O2/c1-8-13(4-9(15)7-16-8)14(19)17-10-2-3-11(17)6-12(18)5-10/h4,7,10-12,18H,2-3,5-6,15H2,1H3. The van der Waals surface area contributed by atoms with Gasteiger partial charge in [-0.3, -0.25) is 9.78 Å². The maximum absolute atomic E-state index is 12.7. The summed E-state index contributed by atoms with van der Waals surface area (Å²) in [7, 11) is 0. The van der Waals surface area contributed by atoms with Gasteiger partial charge in [0.1, 0.15) is 0 Å². The fraction of sp³-hybridized carbons (Fsp3) is 0.571. The Kier molecular flexibility index (Phi) is 2.93. The zero-order valence-electron chi connectivity index (χ0n) is 11.0. The summed E-state index contributed by atoms with van der Waals surface area (Å²) in [5.41, 5.74) is 7.54. The van der Waals surface area contributed by atoms with Gasteiger partial charge in [-0.1, -0.05) is 0 Å². The molecule has 0 radical (unpaired) electrons. The molecule has 102 valence electrons. The van der Waals surface area contributed by atoms with Crippen LogP contribution in [-0.4, -0.2) is 39.1 Å². The lowest BCUT2D eigenvalue weighted by atomic mass is 9.98. The molecule has 5 heteroatoms. The van der Waals surface area contributed by atoms with E-state index in [1.807, 2.05) is 11.8 Å². The molecule has 2 unspecified atom stereocenters. The van der Waals surface area contributed by atoms with Crippen LogP contribution in [0.3, 0.4) is 0 Å². The van der Waals surface area contributed by atoms with E-state index in [1.54, 1.807) is 12.3 Å². The van der Waals surface area contributed by atoms with E-state index in [4.69, 9.17) is 5.73 Å². The summed E-state index contributed by atoms with van der Waals surface area (Å²) in [6.07, 6.45) is 4.67. The summed E-state index contributed by atoms with van der Waals surface area (Å²) >= 11 is 0. The Morgan fingerprint density at radius 1 is 1.42 bits per heavy atom. The molecule has 19 heavy (non-hydrogen) atoms. The number of hydrogen-bond donors (Lipinski definition) is 2. The molecule has 3 heterocycles. The van der Waals surface area contributed by atoms with E-state index in [9.17, 15) is 9.90 Å². The van der Waals surface area contributed by atoms with E-state index in [0.717, 1.165) is 12.8 Å². The molecule has 2 aliphatic heterocycles. The maximum atomic E-state index is 12.7. The third-order valence-corrected chi connectivity index (χ3v) is 4.28. The summed E-state index contributed by atoms with van der Waals surface area (Å²) in [5.74, 6) is 0.0108. The molecule has 3 rings (SSSR count). The number of aliphatic hydroxyl groups is 1. The molecule has 1 aromatic rings. The van der Waals surface area contributed by atoms with Gasteiger partial charge in [0.2, 0.25) is 0 Å². The molecule has 0 saturated carbocycles. The van der Waals surface area contributed by atoms with Gasteiger partial charge in [-0.2, -0.15) is 0 Å². The zero-order valence-corrected chi connectivity index (χ0v) is 11.0. The number of anilines is 1. The van der Waals surface area contributed by atoms with Crippen molar-refractivity contribution in [2.24, 2.45) is 0 Å². The molecular formula is C14H19N3O2. The first-order valence-corrected chi connectivity index (χ1v) is 6.79. The average molecular weight is 261 g/mol. The summed E-state index contributed by atoms with van der Waals surface area (Å²) in [6, 6.07) is 2.04. The summed E-state index contributed by atoms with van der Waals surface area (Å²) in [4.78, 5) is 18.8. The molecule has 1 amide bonds. The van der Waals surface area contributed by atoms with E-state index in [-0.39, 0.29) is 24.1 Å². The third kappa shape index (κ3) is 2.08. The smallest absolute Gasteiger partial charge is 0.256 e. The summed E-state index contributed by atoms with van der Waals surface area (Å²) in [6.45, 7) is 1.83. The lowest BCUT2D eigenvalue weighted by molar-refractivity contribution is 0.0286. The number of aliphatic hydroxyl groups excluding tert-OH is 1. The quantitative estimate of drug-likeness (QED) is 0.793. The number of aryl methyl sites for hydroxylation is 1. The van der Waals surface area contributed by atoms with Crippen molar-refractivity contribution in [3.63, 3.8) is 0 Å². The molecule has 2 bridgehead atoms. The number of fused-ring (bicyclic) bond motifs is 2. The highest BCUT2D eigenvalue weighted by molar-refractivity contribution is 5.96. The van der Waals surface area contributed by atoms with Crippen molar-refractivity contribution >= 4 is 11.6 Å². The van der Waals surface area contributed by atoms with Gasteiger partial charge in [0, 0.05) is 12.1 Å². The first-order chi connectivity index (χ1) is 9.06. The Morgan fingerprint density at radius 3 is 2.68 bits per heavy atom. The summed E-state index contributed by atoms with van der Waals surface area (Å²) in [5, 5.41) is 9.79. The van der Waals surface area contributed by atoms with Crippen LogP contribution in [-0.2, 0) is 0 Å². The van der Waals surface area contributed by atoms with Crippen LogP contribution >= 0.6 is 0 Å². The van der Waals surface area contributed by atoms with Crippen molar-refractivity contribution in [2.45, 2.75) is 50.8 Å². The van der Waals surface area contributed by atoms with Crippen LogP contribution in [0.5, 0.6) is 0 Å². The molecule has 2 atom stereocenters. The lowest BCUT2D eigenvalue weighted by Gasteiger charge is -2.37. The van der Waals surface area contributed by atoms with Crippen molar-refractivity contribution in [3.8, 4) is 0 Å². The van der Waals surface area contributed by atoms with E-state index in [1.165, 1.54) is 0 Å². The molecule has 0 spiro atoms. The Morgan fingerprint density at radius 2 is 2.05 bits per heavy atom. The first kappa shape index (κ1) is 12.4. The number of hydrogen-bond acceptors (Lipinski definition) is 4. The van der Waals surface area contributed by atoms with Gasteiger partial charge in [0.05, 0.1) is 29.2 Å². The molecule has 2 aliphatic rings. The number of rotatable bonds is 1. The fourth-order valence-corrected chi connectivity index (χ4v) is 3.38. The van der Waals surface area contributed by atoms with Crippen LogP contribution in [0.4, 0.5) is 5.69 Å². The highest BCUT2D eigenvalue weighted by atomic mass is 16.3. The third-order valence-electron chi connectivity index (χ3n) is 4.28. The van der Waals surface area contributed by atoms with Crippen molar-refractivity contribution in [1.29, 1.82) is 0 Å². The number of pyridine rings is 1. The van der Waals surface area contributed by atoms with Gasteiger partial charge in [0.25, 0.3) is 5.91 Å². The van der Waals surface area contributed by atoms with Crippen LogP contribution in [0.15, 0.2) is 12.3 Å². The Balaban J connectivity index is 1.90. The average Bonchev–Trinajstić information content (AvgIpc) is 2.64. The molecular weight excluding hydrogens is 242 g/mol. The number of carbonyl (C=O) groups excluding carboxylic acids is 1. The zero-order chi connectivity index (χ0) is 13.6. The topological polar surface area (TPSA) is 79.5 Å². The SMILES string of the molecule is Cc1ncc(N)cc1C(=O)N1C2CCC1CC(O)C2. The Labute approximate surface area is 112 Å². The van der Waals surface area contributed by atoms with Crippen LogP contribution in [0, 0.1) is 6.92 Å². The van der Waals surface area contributed by atoms with Gasteiger partial charge >= 0.3 is 0 Å². The number of nitrogen functional groups attached to an aromatic ring is 1. The van der Waals surface area contributed by atoms with Gasteiger partial charge in [-0.05, 0) is 38.7 Å². The predicted octanol–water partition coefficient (Wildman–Crippen LogP) is 1.10. The van der Waals surface area contributed by atoms with Crippen LogP contribution in [0.25, 0.3) is 0 Å². The molecule has 3 N–H and O–H groups in total. The number of amides is 1. The second-order valence-electron chi connectivity index (χ2n) is 5.62. The molecule has 2 fully saturated rings. The van der Waals surface area contributed by atoms with Crippen molar-refractivity contribution < 1.29 is 9.90 Å². The van der Waals surface area contributed by atoms with E-state index >= 15 is 0 Å². The largest absolute Gasteiger partial charge is 0.397 e. The molecule has 0 aliphatic carbocycles. The van der Waals surface area contributed by atoms with Gasteiger partial charge in [0.15, 0.2) is 0 Å². The monoisotopic (exact) mass is 261 g/mol. The Bertz CT molecular complexity index is 503. The predicted molar refractivity (Wildman–Crippen MR) is 71.6 cm³/mol. The molecule has 1 aromatic heterocycles. The maximum Gasteiger partial charge on any atom is 0.256 e. The number of nitrogens with two attached hydrogens (primary N) is 1. The van der Waals surface area contributed by atoms with Crippen molar-refractivity contribution in [3.05, 3.63) is 23.5 Å². The number of carbonyl (C=O) groups is 1. The first-order valence-electron chi connectivity index (χ1n) is 6.79. The van der Waals surface area contributed by atoms with Crippen LogP contribution in [0.2, 0.25) is 0 Å². The minimum absolute atomic E-state index is 0.0108. The van der Waals surface area contributed by atoms with E-state index in [0.29, 0.717) is 29.8 Å². The van der Waals surface area contributed by atoms with Gasteiger partial charge in [-0.25, -0.2) is 0 Å². The minimum atomic E-state index is -0.262. The molecule has 2 saturated heterocycles. The van der Waals surface area contributed by atoms with Crippen molar-refractivity contribution in [2.75, 3.05) is 5.73 Å². The number of nitrogens with zero attached hydrogens (tertiary/aromatic N) is 2. The lowest BCUT2D eigenvalue weighted by Crippen LogP contribution is -2.48. The summed E-state index contributed by atoms with van der Waals surface area (Å²) < 4.78 is 0. The normalized spacial score (nSPS) is 29.6. The van der Waals surface area contributed by atoms with Gasteiger partial charge < -0.3 is 15.7 Å². The van der Waals surface area contributed by atoms with E-state index < -0.39 is 0 Å². The second kappa shape index (κ2) is 4.49. The highest BCUT2D eigenvalue weighted by Gasteiger charge is 2.43. The van der Waals surface area contributed by atoms with Gasteiger partial charge in [-0.15, -0.1) is 0 Å². The van der Waals surface area contributed by atoms with Crippen molar-refractivity contribution in [1.82, 2.24) is 9.88 Å². The number of piperidine rings is 1.